The van der Waals surface area contributed by atoms with Gasteiger partial charge in [-0.2, -0.15) is 0 Å². The Morgan fingerprint density at radius 3 is 2.70 bits per heavy atom. The Morgan fingerprint density at radius 1 is 1.26 bits per heavy atom. The van der Waals surface area contributed by atoms with Crippen molar-refractivity contribution in [2.24, 2.45) is 7.05 Å². The summed E-state index contributed by atoms with van der Waals surface area (Å²) in [5, 5.41) is 3.58. The lowest BCUT2D eigenvalue weighted by Gasteiger charge is -2.07. The average Bonchev–Trinajstić information content (AvgIpc) is 3.19. The highest BCUT2D eigenvalue weighted by atomic mass is 32.2. The third kappa shape index (κ3) is 4.00. The number of nitrogens with zero attached hydrogens (tertiary/aromatic N) is 4. The summed E-state index contributed by atoms with van der Waals surface area (Å²) >= 11 is 1.36. The maximum atomic E-state index is 12.8. The van der Waals surface area contributed by atoms with Gasteiger partial charge in [0.05, 0.1) is 17.1 Å². The molecule has 0 aliphatic rings. The minimum absolute atomic E-state index is 0.194. The Balaban J connectivity index is 1.75. The summed E-state index contributed by atoms with van der Waals surface area (Å²) in [6.07, 6.45) is 4.64. The van der Waals surface area contributed by atoms with Crippen LogP contribution in [0.2, 0.25) is 0 Å². The van der Waals surface area contributed by atoms with Crippen molar-refractivity contribution < 1.29 is 4.79 Å². The van der Waals surface area contributed by atoms with Gasteiger partial charge in [-0.1, -0.05) is 36.9 Å². The number of rotatable bonds is 7. The van der Waals surface area contributed by atoms with Crippen LogP contribution in [0.1, 0.15) is 19.0 Å². The number of anilines is 1. The fraction of sp³-hybridized carbons (Fsp3) is 0.316. The van der Waals surface area contributed by atoms with Gasteiger partial charge in [0.2, 0.25) is 5.91 Å². The first kappa shape index (κ1) is 19.0. The molecule has 27 heavy (non-hydrogen) atoms. The number of carbonyl (C=O) groups excluding carboxylic acids is 1. The molecule has 2 heterocycles. The largest absolute Gasteiger partial charge is 0.326 e. The van der Waals surface area contributed by atoms with Gasteiger partial charge in [-0.15, -0.1) is 0 Å². The number of imidazole rings is 1. The highest BCUT2D eigenvalue weighted by Gasteiger charge is 2.18. The number of hydrogen-bond acceptors (Lipinski definition) is 4. The Morgan fingerprint density at radius 2 is 2.00 bits per heavy atom. The Labute approximate surface area is 162 Å². The third-order valence-electron chi connectivity index (χ3n) is 4.29. The molecule has 0 fully saturated rings. The minimum atomic E-state index is -0.243. The molecule has 1 amide bonds. The number of benzene rings is 1. The normalized spacial score (nSPS) is 10.9. The zero-order chi connectivity index (χ0) is 19.4. The van der Waals surface area contributed by atoms with Crippen LogP contribution in [0.15, 0.2) is 52.7 Å². The predicted octanol–water partition coefficient (Wildman–Crippen LogP) is 2.82. The lowest BCUT2D eigenvalue weighted by atomic mass is 10.3. The van der Waals surface area contributed by atoms with Crippen LogP contribution in [0.25, 0.3) is 5.69 Å². The van der Waals surface area contributed by atoms with E-state index >= 15 is 0 Å². The van der Waals surface area contributed by atoms with Gasteiger partial charge in [0.25, 0.3) is 5.56 Å². The van der Waals surface area contributed by atoms with E-state index in [-0.39, 0.29) is 17.2 Å². The van der Waals surface area contributed by atoms with Gasteiger partial charge in [0, 0.05) is 26.0 Å². The molecule has 0 saturated heterocycles. The van der Waals surface area contributed by atoms with E-state index in [1.807, 2.05) is 48.0 Å². The van der Waals surface area contributed by atoms with E-state index < -0.39 is 0 Å². The van der Waals surface area contributed by atoms with E-state index in [1.54, 1.807) is 22.6 Å². The van der Waals surface area contributed by atoms with E-state index in [1.165, 1.54) is 11.8 Å². The fourth-order valence-corrected chi connectivity index (χ4v) is 3.65. The van der Waals surface area contributed by atoms with Crippen molar-refractivity contribution in [1.82, 2.24) is 18.9 Å². The number of nitrogens with one attached hydrogen (secondary N) is 1. The van der Waals surface area contributed by atoms with Crippen LogP contribution in [-0.4, -0.2) is 30.6 Å². The Hall–Kier alpha value is -2.74. The summed E-state index contributed by atoms with van der Waals surface area (Å²) < 4.78 is 5.31. The van der Waals surface area contributed by atoms with Gasteiger partial charge in [0.15, 0.2) is 5.16 Å². The molecule has 1 aromatic carbocycles. The molecule has 0 unspecified atom stereocenters. The molecule has 0 aliphatic carbocycles. The quantitative estimate of drug-likeness (QED) is 0.635. The fourth-order valence-electron chi connectivity index (χ4n) is 2.86. The Bertz CT molecular complexity index is 987. The number of para-hydroxylation sites is 1. The highest BCUT2D eigenvalue weighted by Crippen LogP contribution is 2.18. The molecule has 0 saturated carbocycles. The molecule has 0 aliphatic heterocycles. The first-order valence-corrected chi connectivity index (χ1v) is 9.79. The zero-order valence-electron chi connectivity index (χ0n) is 15.7. The number of aromatic nitrogens is 4. The molecule has 142 valence electrons. The molecule has 0 atom stereocenters. The van der Waals surface area contributed by atoms with Crippen LogP contribution >= 0.6 is 11.8 Å². The van der Waals surface area contributed by atoms with E-state index in [0.29, 0.717) is 11.4 Å². The standard InChI is InChI=1S/C19H23N5O2S/c1-4-11-23-12-10-20-19(23)27-13-16(25)21-17-14(2)22(3)24(18(17)26)15-8-6-5-7-9-15/h5-10,12H,4,11,13H2,1-3H3,(H,21,25). The van der Waals surface area contributed by atoms with Crippen LogP contribution < -0.4 is 10.9 Å². The van der Waals surface area contributed by atoms with Gasteiger partial charge >= 0.3 is 0 Å². The smallest absolute Gasteiger partial charge is 0.295 e. The summed E-state index contributed by atoms with van der Waals surface area (Å²) in [5.41, 5.74) is 1.52. The summed E-state index contributed by atoms with van der Waals surface area (Å²) in [5.74, 6) is -0.0307. The van der Waals surface area contributed by atoms with E-state index in [4.69, 9.17) is 0 Å². The van der Waals surface area contributed by atoms with Crippen LogP contribution in [-0.2, 0) is 18.4 Å². The second-order valence-corrected chi connectivity index (χ2v) is 7.12. The summed E-state index contributed by atoms with van der Waals surface area (Å²) in [4.78, 5) is 29.5. The highest BCUT2D eigenvalue weighted by molar-refractivity contribution is 7.99. The molecule has 0 bridgehead atoms. The molecule has 1 N–H and O–H groups in total. The van der Waals surface area contributed by atoms with E-state index in [0.717, 1.165) is 23.8 Å². The molecular weight excluding hydrogens is 362 g/mol. The zero-order valence-corrected chi connectivity index (χ0v) is 16.5. The minimum Gasteiger partial charge on any atom is -0.326 e. The first-order chi connectivity index (χ1) is 13.0. The van der Waals surface area contributed by atoms with E-state index in [9.17, 15) is 9.59 Å². The van der Waals surface area contributed by atoms with Crippen molar-refractivity contribution in [3.8, 4) is 5.69 Å². The van der Waals surface area contributed by atoms with Gasteiger partial charge in [0.1, 0.15) is 5.69 Å². The topological polar surface area (TPSA) is 73.8 Å². The van der Waals surface area contributed by atoms with Crippen molar-refractivity contribution in [2.75, 3.05) is 11.1 Å². The molecule has 3 aromatic rings. The molecular formula is C19H23N5O2S. The van der Waals surface area contributed by atoms with Crippen LogP contribution in [0.5, 0.6) is 0 Å². The summed E-state index contributed by atoms with van der Waals surface area (Å²) in [6.45, 7) is 4.78. The predicted molar refractivity (Wildman–Crippen MR) is 108 cm³/mol. The van der Waals surface area contributed by atoms with Crippen LogP contribution in [0.3, 0.4) is 0 Å². The molecule has 0 radical (unpaired) electrons. The molecule has 7 nitrogen and oxygen atoms in total. The first-order valence-electron chi connectivity index (χ1n) is 8.80. The monoisotopic (exact) mass is 385 g/mol. The van der Waals surface area contributed by atoms with Crippen molar-refractivity contribution in [3.63, 3.8) is 0 Å². The lowest BCUT2D eigenvalue weighted by molar-refractivity contribution is -0.113. The molecule has 0 spiro atoms. The van der Waals surface area contributed by atoms with Gasteiger partial charge < -0.3 is 9.88 Å². The lowest BCUT2D eigenvalue weighted by Crippen LogP contribution is -2.23. The van der Waals surface area contributed by atoms with Crippen molar-refractivity contribution in [1.29, 1.82) is 0 Å². The number of amides is 1. The number of carbonyl (C=O) groups is 1. The number of hydrogen-bond donors (Lipinski definition) is 1. The molecule has 2 aromatic heterocycles. The van der Waals surface area contributed by atoms with Crippen molar-refractivity contribution >= 4 is 23.4 Å². The van der Waals surface area contributed by atoms with Crippen LogP contribution in [0, 0.1) is 6.92 Å². The molecule has 8 heteroatoms. The van der Waals surface area contributed by atoms with Crippen molar-refractivity contribution in [2.45, 2.75) is 32.0 Å². The van der Waals surface area contributed by atoms with E-state index in [2.05, 4.69) is 17.2 Å². The van der Waals surface area contributed by atoms with Gasteiger partial charge in [-0.25, -0.2) is 9.67 Å². The summed E-state index contributed by atoms with van der Waals surface area (Å²) in [6, 6.07) is 9.35. The van der Waals surface area contributed by atoms with Crippen LogP contribution in [0.4, 0.5) is 5.69 Å². The Kier molecular flexibility index (Phi) is 5.85. The second-order valence-electron chi connectivity index (χ2n) is 6.18. The molecule has 3 rings (SSSR count). The van der Waals surface area contributed by atoms with Gasteiger partial charge in [-0.3, -0.25) is 14.3 Å². The third-order valence-corrected chi connectivity index (χ3v) is 5.30. The maximum absolute atomic E-state index is 12.8. The number of aryl methyl sites for hydroxylation is 1. The SMILES string of the molecule is CCCn1ccnc1SCC(=O)Nc1c(C)n(C)n(-c2ccccc2)c1=O. The maximum Gasteiger partial charge on any atom is 0.295 e. The summed E-state index contributed by atoms with van der Waals surface area (Å²) in [7, 11) is 1.80. The van der Waals surface area contributed by atoms with Crippen molar-refractivity contribution in [3.05, 3.63) is 58.8 Å². The van der Waals surface area contributed by atoms with Gasteiger partial charge in [-0.05, 0) is 25.5 Å². The second kappa shape index (κ2) is 8.30. The number of thioether (sulfide) groups is 1. The average molecular weight is 385 g/mol.